The number of nitrogens with one attached hydrogen (secondary N) is 1. The van der Waals surface area contributed by atoms with Crippen molar-refractivity contribution in [3.63, 3.8) is 0 Å². The van der Waals surface area contributed by atoms with E-state index in [-0.39, 0.29) is 10.8 Å². The van der Waals surface area contributed by atoms with E-state index < -0.39 is 10.0 Å². The SMILES string of the molecule is CN1CCN(S(=O)(=O)c2cccc(NC(=O)/C=C/c3cnn(C)c3)c2)CC1. The Bertz CT molecular complexity index is 943. The molecule has 1 aliphatic rings. The number of aryl methyl sites for hydroxylation is 1. The van der Waals surface area contributed by atoms with Gasteiger partial charge in [0.1, 0.15) is 0 Å². The number of rotatable bonds is 5. The van der Waals surface area contributed by atoms with Crippen molar-refractivity contribution in [2.45, 2.75) is 4.90 Å². The van der Waals surface area contributed by atoms with Crippen molar-refractivity contribution in [2.75, 3.05) is 38.5 Å². The maximum absolute atomic E-state index is 12.8. The number of amides is 1. The van der Waals surface area contributed by atoms with Crippen molar-refractivity contribution < 1.29 is 13.2 Å². The normalized spacial score (nSPS) is 16.7. The number of carbonyl (C=O) groups excluding carboxylic acids is 1. The third kappa shape index (κ3) is 4.82. The Morgan fingerprint density at radius 2 is 1.93 bits per heavy atom. The number of sulfonamides is 1. The van der Waals surface area contributed by atoms with Gasteiger partial charge in [0.05, 0.1) is 11.1 Å². The molecule has 3 rings (SSSR count). The lowest BCUT2D eigenvalue weighted by atomic mass is 10.3. The lowest BCUT2D eigenvalue weighted by molar-refractivity contribution is -0.111. The van der Waals surface area contributed by atoms with Crippen LogP contribution < -0.4 is 5.32 Å². The molecule has 1 aromatic heterocycles. The number of nitrogens with zero attached hydrogens (tertiary/aromatic N) is 4. The molecule has 144 valence electrons. The smallest absolute Gasteiger partial charge is 0.248 e. The second-order valence-corrected chi connectivity index (χ2v) is 8.44. The molecule has 8 nitrogen and oxygen atoms in total. The molecule has 1 saturated heterocycles. The van der Waals surface area contributed by atoms with Gasteiger partial charge in [-0.25, -0.2) is 8.42 Å². The summed E-state index contributed by atoms with van der Waals surface area (Å²) in [4.78, 5) is 14.4. The lowest BCUT2D eigenvalue weighted by Crippen LogP contribution is -2.47. The fourth-order valence-corrected chi connectivity index (χ4v) is 4.26. The molecular formula is C18H23N5O3S. The number of anilines is 1. The van der Waals surface area contributed by atoms with Crippen LogP contribution >= 0.6 is 0 Å². The lowest BCUT2D eigenvalue weighted by Gasteiger charge is -2.31. The highest BCUT2D eigenvalue weighted by molar-refractivity contribution is 7.89. The second kappa shape index (κ2) is 8.03. The molecule has 2 heterocycles. The molecule has 1 amide bonds. The average molecular weight is 389 g/mol. The van der Waals surface area contributed by atoms with Gasteiger partial charge in [0.25, 0.3) is 0 Å². The molecule has 27 heavy (non-hydrogen) atoms. The number of likely N-dealkylation sites (N-methyl/N-ethyl adjacent to an activating group) is 1. The molecule has 0 unspecified atom stereocenters. The van der Waals surface area contributed by atoms with Gasteiger partial charge in [-0.2, -0.15) is 9.40 Å². The van der Waals surface area contributed by atoms with E-state index in [1.54, 1.807) is 48.4 Å². The Balaban J connectivity index is 1.69. The molecule has 0 spiro atoms. The van der Waals surface area contributed by atoms with Crippen LogP contribution in [0.15, 0.2) is 47.6 Å². The third-order valence-corrected chi connectivity index (χ3v) is 6.25. The van der Waals surface area contributed by atoms with Crippen LogP contribution in [0.1, 0.15) is 5.56 Å². The van der Waals surface area contributed by atoms with Crippen molar-refractivity contribution in [3.8, 4) is 0 Å². The Hall–Kier alpha value is -2.49. The first-order valence-electron chi connectivity index (χ1n) is 8.61. The molecule has 0 atom stereocenters. The Kier molecular flexibility index (Phi) is 5.73. The highest BCUT2D eigenvalue weighted by atomic mass is 32.2. The molecule has 2 aromatic rings. The summed E-state index contributed by atoms with van der Waals surface area (Å²) in [6, 6.07) is 6.33. The molecule has 0 saturated carbocycles. The number of aromatic nitrogens is 2. The third-order valence-electron chi connectivity index (χ3n) is 4.35. The first-order chi connectivity index (χ1) is 12.8. The van der Waals surface area contributed by atoms with E-state index in [9.17, 15) is 13.2 Å². The van der Waals surface area contributed by atoms with Crippen LogP contribution in [0, 0.1) is 0 Å². The van der Waals surface area contributed by atoms with Gasteiger partial charge in [-0.05, 0) is 31.3 Å². The highest BCUT2D eigenvalue weighted by Gasteiger charge is 2.27. The van der Waals surface area contributed by atoms with Crippen molar-refractivity contribution in [1.82, 2.24) is 19.0 Å². The number of benzene rings is 1. The summed E-state index contributed by atoms with van der Waals surface area (Å²) in [5.41, 5.74) is 1.24. The van der Waals surface area contributed by atoms with Crippen LogP contribution in [-0.2, 0) is 21.9 Å². The molecule has 1 N–H and O–H groups in total. The summed E-state index contributed by atoms with van der Waals surface area (Å²) in [5.74, 6) is -0.340. The van der Waals surface area contributed by atoms with Crippen LogP contribution in [0.25, 0.3) is 6.08 Å². The van der Waals surface area contributed by atoms with Gasteiger partial charge >= 0.3 is 0 Å². The van der Waals surface area contributed by atoms with E-state index in [1.165, 1.54) is 16.4 Å². The zero-order valence-corrected chi connectivity index (χ0v) is 16.2. The molecule has 1 aromatic carbocycles. The van der Waals surface area contributed by atoms with Gasteiger partial charge in [-0.1, -0.05) is 6.07 Å². The predicted octanol–water partition coefficient (Wildman–Crippen LogP) is 1.01. The number of hydrogen-bond acceptors (Lipinski definition) is 5. The monoisotopic (exact) mass is 389 g/mol. The van der Waals surface area contributed by atoms with Crippen molar-refractivity contribution in [3.05, 3.63) is 48.3 Å². The summed E-state index contributed by atoms with van der Waals surface area (Å²) in [6.07, 6.45) is 6.46. The Labute approximate surface area is 159 Å². The van der Waals surface area contributed by atoms with E-state index >= 15 is 0 Å². The van der Waals surface area contributed by atoms with E-state index in [0.29, 0.717) is 31.9 Å². The van der Waals surface area contributed by atoms with Gasteiger partial charge in [0, 0.05) is 56.8 Å². The quantitative estimate of drug-likeness (QED) is 0.771. The van der Waals surface area contributed by atoms with Gasteiger partial charge in [0.2, 0.25) is 15.9 Å². The average Bonchev–Trinajstić information content (AvgIpc) is 3.06. The summed E-state index contributed by atoms with van der Waals surface area (Å²) in [5, 5.41) is 6.72. The molecule has 1 fully saturated rings. The standard InChI is InChI=1S/C18H23N5O3S/c1-21-8-10-23(11-9-21)27(25,26)17-5-3-4-16(12-17)20-18(24)7-6-15-13-19-22(2)14-15/h3-7,12-14H,8-11H2,1-2H3,(H,20,24)/b7-6+. The van der Waals surface area contributed by atoms with E-state index in [2.05, 4.69) is 15.3 Å². The molecule has 0 radical (unpaired) electrons. The zero-order chi connectivity index (χ0) is 19.4. The first-order valence-corrected chi connectivity index (χ1v) is 10.0. The van der Waals surface area contributed by atoms with E-state index in [4.69, 9.17) is 0 Å². The summed E-state index contributed by atoms with van der Waals surface area (Å²) in [7, 11) is 0.197. The van der Waals surface area contributed by atoms with Crippen molar-refractivity contribution >= 4 is 27.7 Å². The molecule has 1 aliphatic heterocycles. The van der Waals surface area contributed by atoms with E-state index in [1.807, 2.05) is 7.05 Å². The maximum Gasteiger partial charge on any atom is 0.248 e. The van der Waals surface area contributed by atoms with Gasteiger partial charge < -0.3 is 10.2 Å². The number of piperazine rings is 1. The van der Waals surface area contributed by atoms with Crippen molar-refractivity contribution in [1.29, 1.82) is 0 Å². The van der Waals surface area contributed by atoms with Crippen molar-refractivity contribution in [2.24, 2.45) is 7.05 Å². The molecular weight excluding hydrogens is 366 g/mol. The minimum Gasteiger partial charge on any atom is -0.322 e. The highest BCUT2D eigenvalue weighted by Crippen LogP contribution is 2.20. The van der Waals surface area contributed by atoms with Crippen LogP contribution in [0.4, 0.5) is 5.69 Å². The van der Waals surface area contributed by atoms with Gasteiger partial charge in [-0.15, -0.1) is 0 Å². The van der Waals surface area contributed by atoms with Gasteiger partial charge in [-0.3, -0.25) is 9.48 Å². The molecule has 9 heteroatoms. The number of hydrogen-bond donors (Lipinski definition) is 1. The molecule has 0 aliphatic carbocycles. The summed E-state index contributed by atoms with van der Waals surface area (Å²) < 4.78 is 28.8. The Morgan fingerprint density at radius 3 is 2.59 bits per heavy atom. The van der Waals surface area contributed by atoms with Crippen LogP contribution in [0.5, 0.6) is 0 Å². The first kappa shape index (κ1) is 19.3. The fraction of sp³-hybridized carbons (Fsp3) is 0.333. The van der Waals surface area contributed by atoms with E-state index in [0.717, 1.165) is 5.56 Å². The zero-order valence-electron chi connectivity index (χ0n) is 15.4. The summed E-state index contributed by atoms with van der Waals surface area (Å²) in [6.45, 7) is 2.33. The van der Waals surface area contributed by atoms with Gasteiger partial charge in [0.15, 0.2) is 0 Å². The predicted molar refractivity (Wildman–Crippen MR) is 104 cm³/mol. The van der Waals surface area contributed by atoms with Crippen LogP contribution in [0.3, 0.4) is 0 Å². The van der Waals surface area contributed by atoms with Crippen LogP contribution in [-0.4, -0.2) is 66.5 Å². The van der Waals surface area contributed by atoms with Crippen LogP contribution in [0.2, 0.25) is 0 Å². The maximum atomic E-state index is 12.8. The largest absolute Gasteiger partial charge is 0.322 e. The Morgan fingerprint density at radius 1 is 1.19 bits per heavy atom. The topological polar surface area (TPSA) is 87.5 Å². The summed E-state index contributed by atoms with van der Waals surface area (Å²) >= 11 is 0. The fourth-order valence-electron chi connectivity index (χ4n) is 2.79. The molecule has 0 bridgehead atoms. The second-order valence-electron chi connectivity index (χ2n) is 6.51. The number of carbonyl (C=O) groups is 1. The minimum absolute atomic E-state index is 0.182. The minimum atomic E-state index is -3.57.